The third-order valence-electron chi connectivity index (χ3n) is 4.69. The fraction of sp³-hybridized carbons (Fsp3) is 0.500. The van der Waals surface area contributed by atoms with Crippen LogP contribution in [-0.2, 0) is 14.9 Å². The number of carbonyl (C=O) groups is 1. The van der Waals surface area contributed by atoms with Gasteiger partial charge in [0, 0.05) is 18.5 Å². The maximum absolute atomic E-state index is 12.5. The molecule has 2 aromatic rings. The molecule has 3 rings (SSSR count). The third-order valence-corrected chi connectivity index (χ3v) is 4.69. The van der Waals surface area contributed by atoms with Gasteiger partial charge in [-0.25, -0.2) is 0 Å². The zero-order valence-electron chi connectivity index (χ0n) is 15.7. The third kappa shape index (κ3) is 4.38. The molecule has 1 aliphatic heterocycles. The average molecular weight is 356 g/mol. The van der Waals surface area contributed by atoms with E-state index in [1.807, 2.05) is 12.1 Å². The van der Waals surface area contributed by atoms with Gasteiger partial charge in [0.05, 0.1) is 36.2 Å². The topological polar surface area (TPSA) is 89.3 Å². The molecule has 0 bridgehead atoms. The van der Waals surface area contributed by atoms with Crippen LogP contribution in [0.4, 0.5) is 5.69 Å². The van der Waals surface area contributed by atoms with Crippen LogP contribution in [0, 0.1) is 0 Å². The molecule has 1 amide bonds. The predicted molar refractivity (Wildman–Crippen MR) is 104 cm³/mol. The van der Waals surface area contributed by atoms with Crippen molar-refractivity contribution in [3.05, 3.63) is 36.0 Å². The van der Waals surface area contributed by atoms with Crippen LogP contribution in [0.25, 0.3) is 10.9 Å². The molecule has 26 heavy (non-hydrogen) atoms. The number of nitrogens with two attached hydrogens (primary N) is 1. The maximum atomic E-state index is 12.5. The summed E-state index contributed by atoms with van der Waals surface area (Å²) in [5.74, 6) is -0.0584. The largest absolute Gasteiger partial charge is 0.376 e. The van der Waals surface area contributed by atoms with E-state index in [1.165, 1.54) is 5.56 Å². The van der Waals surface area contributed by atoms with Crippen molar-refractivity contribution >= 4 is 22.5 Å². The summed E-state index contributed by atoms with van der Waals surface area (Å²) in [5, 5.41) is 7.20. The van der Waals surface area contributed by atoms with Crippen molar-refractivity contribution in [3.8, 4) is 0 Å². The summed E-state index contributed by atoms with van der Waals surface area (Å²) in [6, 6.07) is 8.00. The van der Waals surface area contributed by atoms with Crippen LogP contribution in [0.2, 0.25) is 0 Å². The summed E-state index contributed by atoms with van der Waals surface area (Å²) in [5.41, 5.74) is 8.40. The van der Waals surface area contributed by atoms with E-state index in [1.54, 1.807) is 6.20 Å². The van der Waals surface area contributed by atoms with Gasteiger partial charge in [-0.3, -0.25) is 9.78 Å². The average Bonchev–Trinajstić information content (AvgIpc) is 3.07. The smallest absolute Gasteiger partial charge is 0.241 e. The van der Waals surface area contributed by atoms with Gasteiger partial charge >= 0.3 is 0 Å². The van der Waals surface area contributed by atoms with Gasteiger partial charge in [0.2, 0.25) is 5.91 Å². The Bertz CT molecular complexity index is 785. The lowest BCUT2D eigenvalue weighted by molar-refractivity contribution is -0.118. The van der Waals surface area contributed by atoms with Crippen LogP contribution in [0.1, 0.15) is 32.8 Å². The normalized spacial score (nSPS) is 20.5. The SMILES string of the molecule is CC(C)(C)c1ccc2ncc(NC(=O)[C@@H]3C[C@@H](OCCN)CN3)cc2c1. The Morgan fingerprint density at radius 3 is 2.92 bits per heavy atom. The molecule has 0 aliphatic carbocycles. The van der Waals surface area contributed by atoms with Gasteiger partial charge in [-0.1, -0.05) is 26.8 Å². The molecule has 1 aromatic heterocycles. The molecule has 1 aliphatic rings. The molecule has 1 fully saturated rings. The number of fused-ring (bicyclic) bond motifs is 1. The fourth-order valence-corrected chi connectivity index (χ4v) is 3.16. The number of pyridine rings is 1. The van der Waals surface area contributed by atoms with Crippen molar-refractivity contribution in [3.63, 3.8) is 0 Å². The van der Waals surface area contributed by atoms with Gasteiger partial charge in [0.15, 0.2) is 0 Å². The van der Waals surface area contributed by atoms with Crippen LogP contribution < -0.4 is 16.4 Å². The lowest BCUT2D eigenvalue weighted by Gasteiger charge is -2.19. The molecule has 0 unspecified atom stereocenters. The van der Waals surface area contributed by atoms with E-state index in [9.17, 15) is 4.79 Å². The molecule has 2 heterocycles. The molecule has 6 nitrogen and oxygen atoms in total. The van der Waals surface area contributed by atoms with E-state index in [-0.39, 0.29) is 23.5 Å². The molecule has 4 N–H and O–H groups in total. The minimum absolute atomic E-state index is 0.0402. The number of nitrogens with one attached hydrogen (secondary N) is 2. The summed E-state index contributed by atoms with van der Waals surface area (Å²) in [7, 11) is 0. The van der Waals surface area contributed by atoms with Gasteiger partial charge in [-0.05, 0) is 35.6 Å². The van der Waals surface area contributed by atoms with Crippen LogP contribution in [0.3, 0.4) is 0 Å². The van der Waals surface area contributed by atoms with E-state index in [0.717, 1.165) is 10.9 Å². The van der Waals surface area contributed by atoms with Gasteiger partial charge in [0.1, 0.15) is 0 Å². The van der Waals surface area contributed by atoms with Crippen LogP contribution in [-0.4, -0.2) is 42.7 Å². The monoisotopic (exact) mass is 356 g/mol. The summed E-state index contributed by atoms with van der Waals surface area (Å²) in [6.07, 6.45) is 2.40. The lowest BCUT2D eigenvalue weighted by atomic mass is 9.86. The van der Waals surface area contributed by atoms with Crippen molar-refractivity contribution < 1.29 is 9.53 Å². The Labute approximate surface area is 154 Å². The molecule has 6 heteroatoms. The molecule has 0 saturated carbocycles. The number of amides is 1. The summed E-state index contributed by atoms with van der Waals surface area (Å²) in [4.78, 5) is 17.0. The molecule has 140 valence electrons. The Balaban J connectivity index is 1.69. The first-order chi connectivity index (χ1) is 12.4. The van der Waals surface area contributed by atoms with Crippen molar-refractivity contribution in [1.29, 1.82) is 0 Å². The van der Waals surface area contributed by atoms with Crippen LogP contribution >= 0.6 is 0 Å². The number of carbonyl (C=O) groups excluding carboxylic acids is 1. The minimum atomic E-state index is -0.255. The number of rotatable bonds is 5. The van der Waals surface area contributed by atoms with E-state index in [0.29, 0.717) is 31.8 Å². The molecule has 2 atom stereocenters. The number of benzene rings is 1. The van der Waals surface area contributed by atoms with Gasteiger partial charge in [-0.2, -0.15) is 0 Å². The fourth-order valence-electron chi connectivity index (χ4n) is 3.16. The zero-order chi connectivity index (χ0) is 18.7. The Hall–Kier alpha value is -2.02. The lowest BCUT2D eigenvalue weighted by Crippen LogP contribution is -2.35. The van der Waals surface area contributed by atoms with Crippen molar-refractivity contribution in [2.24, 2.45) is 5.73 Å². The second-order valence-electron chi connectivity index (χ2n) is 7.85. The van der Waals surface area contributed by atoms with E-state index in [4.69, 9.17) is 10.5 Å². The Morgan fingerprint density at radius 1 is 1.38 bits per heavy atom. The highest BCUT2D eigenvalue weighted by atomic mass is 16.5. The number of aromatic nitrogens is 1. The van der Waals surface area contributed by atoms with E-state index in [2.05, 4.69) is 48.5 Å². The van der Waals surface area contributed by atoms with E-state index < -0.39 is 0 Å². The number of ether oxygens (including phenoxy) is 1. The summed E-state index contributed by atoms with van der Waals surface area (Å²) >= 11 is 0. The minimum Gasteiger partial charge on any atom is -0.376 e. The van der Waals surface area contributed by atoms with Gasteiger partial charge in [-0.15, -0.1) is 0 Å². The molecule has 1 aromatic carbocycles. The highest BCUT2D eigenvalue weighted by molar-refractivity contribution is 5.96. The number of nitrogens with zero attached hydrogens (tertiary/aromatic N) is 1. The van der Waals surface area contributed by atoms with Crippen LogP contribution in [0.5, 0.6) is 0 Å². The predicted octanol–water partition coefficient (Wildman–Crippen LogP) is 2.18. The molecule has 0 radical (unpaired) electrons. The van der Waals surface area contributed by atoms with Crippen molar-refractivity contribution in [1.82, 2.24) is 10.3 Å². The second kappa shape index (κ2) is 7.70. The highest BCUT2D eigenvalue weighted by Gasteiger charge is 2.29. The first-order valence-corrected chi connectivity index (χ1v) is 9.13. The highest BCUT2D eigenvalue weighted by Crippen LogP contribution is 2.26. The quantitative estimate of drug-likeness (QED) is 0.764. The number of anilines is 1. The molecule has 0 spiro atoms. The summed E-state index contributed by atoms with van der Waals surface area (Å²) in [6.45, 7) is 8.23. The van der Waals surface area contributed by atoms with Crippen molar-refractivity contribution in [2.75, 3.05) is 25.0 Å². The number of hydrogen-bond donors (Lipinski definition) is 3. The first kappa shape index (κ1) is 18.8. The number of hydrogen-bond acceptors (Lipinski definition) is 5. The Kier molecular flexibility index (Phi) is 5.55. The van der Waals surface area contributed by atoms with Crippen molar-refractivity contribution in [2.45, 2.75) is 44.8 Å². The second-order valence-corrected chi connectivity index (χ2v) is 7.85. The first-order valence-electron chi connectivity index (χ1n) is 9.13. The van der Waals surface area contributed by atoms with Crippen LogP contribution in [0.15, 0.2) is 30.5 Å². The van der Waals surface area contributed by atoms with E-state index >= 15 is 0 Å². The van der Waals surface area contributed by atoms with Gasteiger partial charge in [0.25, 0.3) is 0 Å². The maximum Gasteiger partial charge on any atom is 0.241 e. The summed E-state index contributed by atoms with van der Waals surface area (Å²) < 4.78 is 5.61. The standard InChI is InChI=1S/C20H28N4O2/c1-20(2,3)14-4-5-17-13(8-14)9-15(11-22-17)24-19(25)18-10-16(12-23-18)26-7-6-21/h4-5,8-9,11,16,18,23H,6-7,10,12,21H2,1-3H3,(H,24,25)/t16-,18+/m1/s1. The molecule has 1 saturated heterocycles. The zero-order valence-corrected chi connectivity index (χ0v) is 15.7. The molecular weight excluding hydrogens is 328 g/mol. The Morgan fingerprint density at radius 2 is 2.19 bits per heavy atom. The molecular formula is C20H28N4O2. The van der Waals surface area contributed by atoms with Gasteiger partial charge < -0.3 is 21.1 Å².